The molecule has 0 saturated carbocycles. The van der Waals surface area contributed by atoms with Crippen LogP contribution in [0.4, 0.5) is 5.69 Å². The van der Waals surface area contributed by atoms with E-state index in [1.165, 1.54) is 4.90 Å². The van der Waals surface area contributed by atoms with E-state index in [2.05, 4.69) is 9.71 Å². The van der Waals surface area contributed by atoms with Gasteiger partial charge in [-0.25, -0.2) is 9.71 Å². The molecule has 1 aromatic carbocycles. The van der Waals surface area contributed by atoms with E-state index in [1.54, 1.807) is 26.6 Å². The Balaban J connectivity index is 2.72. The molecular weight excluding hydrogens is 302 g/mol. The molecule has 0 aromatic heterocycles. The van der Waals surface area contributed by atoms with Crippen molar-refractivity contribution in [3.8, 4) is 0 Å². The summed E-state index contributed by atoms with van der Waals surface area (Å²) in [6.07, 6.45) is 3.73. The maximum absolute atomic E-state index is 11.3. The fraction of sp³-hybridized carbons (Fsp3) is 0.286. The lowest BCUT2D eigenvalue weighted by atomic mass is 10.1. The fourth-order valence-electron chi connectivity index (χ4n) is 1.76. The van der Waals surface area contributed by atoms with Gasteiger partial charge in [-0.2, -0.15) is 0 Å². The van der Waals surface area contributed by atoms with E-state index < -0.39 is 17.3 Å². The van der Waals surface area contributed by atoms with Crippen LogP contribution in [0.2, 0.25) is 0 Å². The molecule has 1 rings (SSSR count). The average Bonchev–Trinajstić information content (AvgIpc) is 2.39. The minimum Gasteiger partial charge on any atom is -0.593 e. The monoisotopic (exact) mass is 323 g/mol. The molecule has 1 amide bonds. The number of hydrogen-bond donors (Lipinski definition) is 3. The van der Waals surface area contributed by atoms with Gasteiger partial charge in [-0.05, 0) is 17.7 Å². The molecule has 120 valence electrons. The summed E-state index contributed by atoms with van der Waals surface area (Å²) >= 11 is -1.10. The number of anilines is 1. The van der Waals surface area contributed by atoms with Crippen molar-refractivity contribution in [3.05, 3.63) is 41.3 Å². The van der Waals surface area contributed by atoms with Crippen molar-refractivity contribution >= 4 is 29.2 Å². The Kier molecular flexibility index (Phi) is 6.74. The number of benzene rings is 1. The van der Waals surface area contributed by atoms with Crippen molar-refractivity contribution < 1.29 is 9.35 Å². The van der Waals surface area contributed by atoms with E-state index in [0.717, 1.165) is 11.3 Å². The minimum absolute atomic E-state index is 0.0807. The van der Waals surface area contributed by atoms with E-state index in [1.807, 2.05) is 24.3 Å². The second-order valence-electron chi connectivity index (χ2n) is 4.76. The molecule has 0 fully saturated rings. The van der Waals surface area contributed by atoms with E-state index in [4.69, 9.17) is 11.5 Å². The largest absolute Gasteiger partial charge is 0.593 e. The molecule has 0 radical (unpaired) electrons. The summed E-state index contributed by atoms with van der Waals surface area (Å²) in [4.78, 5) is 16.9. The summed E-state index contributed by atoms with van der Waals surface area (Å²) in [5, 5.41) is 0. The molecule has 0 saturated heterocycles. The Bertz CT molecular complexity index is 567. The zero-order valence-electron chi connectivity index (χ0n) is 12.9. The third-order valence-electron chi connectivity index (χ3n) is 2.70. The number of aliphatic imine (C=N–C) groups is 1. The summed E-state index contributed by atoms with van der Waals surface area (Å²) < 4.78 is 13.8. The van der Waals surface area contributed by atoms with Gasteiger partial charge in [0.15, 0.2) is 5.82 Å². The van der Waals surface area contributed by atoms with Crippen LogP contribution in [0.25, 0.3) is 0 Å². The lowest BCUT2D eigenvalue weighted by Gasteiger charge is -2.14. The van der Waals surface area contributed by atoms with Crippen LogP contribution in [0.3, 0.4) is 0 Å². The molecule has 0 bridgehead atoms. The fourth-order valence-corrected chi connectivity index (χ4v) is 2.23. The first-order chi connectivity index (χ1) is 10.3. The quantitative estimate of drug-likeness (QED) is 0.375. The summed E-state index contributed by atoms with van der Waals surface area (Å²) in [5.41, 5.74) is 13.0. The van der Waals surface area contributed by atoms with Crippen molar-refractivity contribution in [1.29, 1.82) is 0 Å². The molecule has 1 atom stereocenters. The standard InChI is InChI=1S/C14H21N5O2S/c1-19(2)12(14(16)20)13(15)17-9-8-10-4-6-11(7-5-10)18-22(3)21/h4-7,9,18H,8,15H2,1-3H3,(H2,16,20)/b13-12-,17-9-. The summed E-state index contributed by atoms with van der Waals surface area (Å²) in [5.74, 6) is -0.542. The molecule has 1 aromatic rings. The van der Waals surface area contributed by atoms with Crippen molar-refractivity contribution in [2.45, 2.75) is 6.42 Å². The van der Waals surface area contributed by atoms with Gasteiger partial charge in [0.05, 0.1) is 17.0 Å². The van der Waals surface area contributed by atoms with Crippen LogP contribution in [-0.4, -0.2) is 41.9 Å². The summed E-state index contributed by atoms with van der Waals surface area (Å²) in [6.45, 7) is 0. The van der Waals surface area contributed by atoms with Gasteiger partial charge in [0.2, 0.25) is 0 Å². The van der Waals surface area contributed by atoms with Gasteiger partial charge in [0, 0.05) is 26.7 Å². The van der Waals surface area contributed by atoms with Gasteiger partial charge in [-0.3, -0.25) is 4.79 Å². The third kappa shape index (κ3) is 5.66. The number of rotatable bonds is 7. The van der Waals surface area contributed by atoms with Gasteiger partial charge >= 0.3 is 0 Å². The van der Waals surface area contributed by atoms with Crippen LogP contribution in [0.5, 0.6) is 0 Å². The zero-order valence-corrected chi connectivity index (χ0v) is 13.7. The molecule has 0 aliphatic carbocycles. The van der Waals surface area contributed by atoms with Crippen molar-refractivity contribution in [3.63, 3.8) is 0 Å². The van der Waals surface area contributed by atoms with E-state index in [0.29, 0.717) is 6.42 Å². The van der Waals surface area contributed by atoms with E-state index in [-0.39, 0.29) is 11.5 Å². The van der Waals surface area contributed by atoms with Crippen molar-refractivity contribution in [1.82, 2.24) is 4.90 Å². The topological polar surface area (TPSA) is 120 Å². The molecular formula is C14H21N5O2S. The highest BCUT2D eigenvalue weighted by molar-refractivity contribution is 7.92. The first-order valence-corrected chi connectivity index (χ1v) is 8.05. The average molecular weight is 323 g/mol. The highest BCUT2D eigenvalue weighted by atomic mass is 32.2. The highest BCUT2D eigenvalue weighted by Crippen LogP contribution is 2.11. The Morgan fingerprint density at radius 2 is 1.95 bits per heavy atom. The Morgan fingerprint density at radius 1 is 1.36 bits per heavy atom. The van der Waals surface area contributed by atoms with E-state index >= 15 is 0 Å². The minimum atomic E-state index is -1.10. The number of nitrogens with zero attached hydrogens (tertiary/aromatic N) is 2. The number of carbonyl (C=O) groups is 1. The normalized spacial score (nSPS) is 13.6. The Morgan fingerprint density at radius 3 is 2.41 bits per heavy atom. The highest BCUT2D eigenvalue weighted by Gasteiger charge is 2.11. The zero-order chi connectivity index (χ0) is 16.7. The van der Waals surface area contributed by atoms with Crippen LogP contribution in [-0.2, 0) is 22.6 Å². The molecule has 0 heterocycles. The number of likely N-dealkylation sites (N-methyl/N-ethyl adjacent to an activating group) is 1. The SMILES string of the molecule is CN(C)/C(C(N)=O)=C(N)\N=C/Cc1ccc(N[S+](C)[O-])cc1. The molecule has 0 aliphatic rings. The third-order valence-corrected chi connectivity index (χ3v) is 3.22. The first-order valence-electron chi connectivity index (χ1n) is 6.49. The summed E-state index contributed by atoms with van der Waals surface area (Å²) in [7, 11) is 3.34. The maximum Gasteiger partial charge on any atom is 0.268 e. The number of nitrogens with two attached hydrogens (primary N) is 2. The second kappa shape index (κ2) is 8.30. The molecule has 0 aliphatic heterocycles. The molecule has 8 heteroatoms. The number of carbonyl (C=O) groups excluding carboxylic acids is 1. The smallest absolute Gasteiger partial charge is 0.268 e. The molecule has 1 unspecified atom stereocenters. The van der Waals surface area contributed by atoms with Crippen LogP contribution in [0, 0.1) is 0 Å². The van der Waals surface area contributed by atoms with Crippen LogP contribution in [0.15, 0.2) is 40.8 Å². The van der Waals surface area contributed by atoms with E-state index in [9.17, 15) is 9.35 Å². The lowest BCUT2D eigenvalue weighted by molar-refractivity contribution is -0.115. The molecule has 22 heavy (non-hydrogen) atoms. The van der Waals surface area contributed by atoms with Crippen LogP contribution in [0.1, 0.15) is 5.56 Å². The van der Waals surface area contributed by atoms with Gasteiger partial charge in [-0.15, -0.1) is 0 Å². The molecule has 5 N–H and O–H groups in total. The lowest BCUT2D eigenvalue weighted by Crippen LogP contribution is -2.28. The Hall–Kier alpha value is -2.19. The maximum atomic E-state index is 11.3. The summed E-state index contributed by atoms with van der Waals surface area (Å²) in [6, 6.07) is 7.45. The van der Waals surface area contributed by atoms with Gasteiger partial charge in [0.1, 0.15) is 12.0 Å². The number of primary amides is 1. The van der Waals surface area contributed by atoms with Gasteiger partial charge < -0.3 is 20.9 Å². The van der Waals surface area contributed by atoms with Gasteiger partial charge in [0.25, 0.3) is 5.91 Å². The molecule has 0 spiro atoms. The number of nitrogens with one attached hydrogen (secondary N) is 1. The van der Waals surface area contributed by atoms with Crippen molar-refractivity contribution in [2.75, 3.05) is 25.1 Å². The van der Waals surface area contributed by atoms with Gasteiger partial charge in [-0.1, -0.05) is 12.1 Å². The predicted molar refractivity (Wildman–Crippen MR) is 90.4 cm³/mol. The first kappa shape index (κ1) is 17.9. The predicted octanol–water partition coefficient (Wildman–Crippen LogP) is 0.180. The second-order valence-corrected chi connectivity index (χ2v) is 5.87. The Labute approximate surface area is 133 Å². The van der Waals surface area contributed by atoms with Crippen molar-refractivity contribution in [2.24, 2.45) is 16.5 Å². The number of hydrogen-bond acceptors (Lipinski definition) is 6. The molecule has 7 nitrogen and oxygen atoms in total. The number of amides is 1. The van der Waals surface area contributed by atoms with Crippen LogP contribution >= 0.6 is 0 Å². The van der Waals surface area contributed by atoms with Crippen LogP contribution < -0.4 is 16.2 Å².